The van der Waals surface area contributed by atoms with Gasteiger partial charge in [-0.25, -0.2) is 4.79 Å². The monoisotopic (exact) mass is 353 g/mol. The van der Waals surface area contributed by atoms with E-state index in [9.17, 15) is 13.2 Å². The maximum Gasteiger partial charge on any atom is 1.00 e. The Morgan fingerprint density at radius 3 is 2.30 bits per heavy atom. The van der Waals surface area contributed by atoms with Crippen LogP contribution in [0.4, 0.5) is 4.79 Å². The zero-order valence-corrected chi connectivity index (χ0v) is 16.6. The van der Waals surface area contributed by atoms with Gasteiger partial charge in [-0.2, -0.15) is 8.42 Å². The molecule has 0 bridgehead atoms. The van der Waals surface area contributed by atoms with E-state index < -0.39 is 16.3 Å². The minimum atomic E-state index is -4.25. The van der Waals surface area contributed by atoms with Crippen LogP contribution in [-0.2, 0) is 14.9 Å². The minimum absolute atomic E-state index is 0. The van der Waals surface area contributed by atoms with Crippen LogP contribution in [-0.4, -0.2) is 25.7 Å². The molecule has 1 N–H and O–H groups in total. The van der Waals surface area contributed by atoms with Crippen LogP contribution < -0.4 is 34.3 Å². The van der Waals surface area contributed by atoms with Crippen LogP contribution in [0.3, 0.4) is 0 Å². The topological polar surface area (TPSA) is 89.9 Å². The number of rotatable bonds is 8. The second kappa shape index (κ2) is 11.0. The number of benzene rings is 1. The molecule has 6 nitrogen and oxygen atoms in total. The summed E-state index contributed by atoms with van der Waals surface area (Å²) in [5.74, 6) is 0.466. The van der Waals surface area contributed by atoms with Crippen molar-refractivity contribution in [2.45, 2.75) is 44.4 Å². The molecule has 1 atom stereocenters. The number of hydrogen-bond acceptors (Lipinski definition) is 5. The van der Waals surface area contributed by atoms with Gasteiger partial charge in [0.1, 0.15) is 5.75 Å². The summed E-state index contributed by atoms with van der Waals surface area (Å²) < 4.78 is 40.6. The third-order valence-electron chi connectivity index (χ3n) is 3.30. The van der Waals surface area contributed by atoms with Crippen LogP contribution >= 0.6 is 0 Å². The fourth-order valence-electron chi connectivity index (χ4n) is 1.89. The Hall–Kier alpha value is -0.600. The molecule has 0 heterocycles. The molecule has 0 radical (unpaired) electrons. The van der Waals surface area contributed by atoms with E-state index in [1.165, 1.54) is 12.1 Å². The van der Waals surface area contributed by atoms with E-state index in [0.29, 0.717) is 12.5 Å². The van der Waals surface area contributed by atoms with Gasteiger partial charge in [0, 0.05) is 0 Å². The van der Waals surface area contributed by atoms with E-state index in [2.05, 4.69) is 6.92 Å². The maximum atomic E-state index is 11.6. The van der Waals surface area contributed by atoms with Gasteiger partial charge in [-0.3, -0.25) is 4.55 Å². The standard InChI is InChI=1S/C15H22O6S.Na/c1-3-5-6-12(4-2)11-20-15(16)21-13-7-9-14(10-8-13)22(17,18)19;/h7-10,12H,3-6,11H2,1-2H3,(H,17,18,19);/q;+1. The van der Waals surface area contributed by atoms with Crippen LogP contribution in [0.1, 0.15) is 39.5 Å². The number of carbonyl (C=O) groups excluding carboxylic acids is 1. The van der Waals surface area contributed by atoms with Crippen molar-refractivity contribution in [3.63, 3.8) is 0 Å². The van der Waals surface area contributed by atoms with Gasteiger partial charge < -0.3 is 9.47 Å². The van der Waals surface area contributed by atoms with Crippen molar-refractivity contribution in [1.29, 1.82) is 0 Å². The van der Waals surface area contributed by atoms with Crippen molar-refractivity contribution in [2.24, 2.45) is 5.92 Å². The van der Waals surface area contributed by atoms with E-state index in [0.717, 1.165) is 37.8 Å². The van der Waals surface area contributed by atoms with E-state index in [1.807, 2.05) is 6.92 Å². The Bertz CT molecular complexity index is 570. The molecule has 0 saturated heterocycles. The summed E-state index contributed by atoms with van der Waals surface area (Å²) in [7, 11) is -4.25. The predicted molar refractivity (Wildman–Crippen MR) is 81.5 cm³/mol. The molecule has 0 fully saturated rings. The summed E-state index contributed by atoms with van der Waals surface area (Å²) in [5.41, 5.74) is 0. The molecule has 8 heteroatoms. The summed E-state index contributed by atoms with van der Waals surface area (Å²) in [5, 5.41) is 0. The average Bonchev–Trinajstić information content (AvgIpc) is 2.47. The molecule has 0 spiro atoms. The van der Waals surface area contributed by atoms with E-state index in [-0.39, 0.29) is 40.2 Å². The number of unbranched alkanes of at least 4 members (excludes halogenated alkanes) is 1. The van der Waals surface area contributed by atoms with Gasteiger partial charge in [-0.15, -0.1) is 0 Å². The third kappa shape index (κ3) is 8.72. The second-order valence-corrected chi connectivity index (χ2v) is 6.45. The molecule has 0 aromatic heterocycles. The second-order valence-electron chi connectivity index (χ2n) is 5.03. The normalized spacial score (nSPS) is 12.1. The van der Waals surface area contributed by atoms with Crippen LogP contribution in [0.25, 0.3) is 0 Å². The first-order chi connectivity index (χ1) is 10.4. The molecule has 1 rings (SSSR count). The van der Waals surface area contributed by atoms with Crippen molar-refractivity contribution in [1.82, 2.24) is 0 Å². The Labute approximate surface area is 159 Å². The van der Waals surface area contributed by atoms with Crippen LogP contribution in [0, 0.1) is 5.92 Å². The molecule has 1 aromatic rings. The third-order valence-corrected chi connectivity index (χ3v) is 4.17. The number of hydrogen-bond donors (Lipinski definition) is 1. The van der Waals surface area contributed by atoms with E-state index in [1.54, 1.807) is 0 Å². The van der Waals surface area contributed by atoms with Gasteiger partial charge in [0.15, 0.2) is 0 Å². The molecule has 0 aliphatic rings. The van der Waals surface area contributed by atoms with Gasteiger partial charge in [0.2, 0.25) is 0 Å². The first kappa shape index (κ1) is 22.4. The fourth-order valence-corrected chi connectivity index (χ4v) is 2.37. The number of carbonyl (C=O) groups is 1. The first-order valence-corrected chi connectivity index (χ1v) is 8.73. The van der Waals surface area contributed by atoms with Gasteiger partial charge in [-0.1, -0.05) is 33.1 Å². The van der Waals surface area contributed by atoms with Crippen molar-refractivity contribution >= 4 is 16.3 Å². The Kier molecular flexibility index (Phi) is 10.8. The molecular formula is C15H22NaO6S+. The molecule has 1 aromatic carbocycles. The van der Waals surface area contributed by atoms with Gasteiger partial charge in [-0.05, 0) is 36.6 Å². The molecule has 0 aliphatic heterocycles. The number of ether oxygens (including phenoxy) is 2. The van der Waals surface area contributed by atoms with Crippen LogP contribution in [0.15, 0.2) is 29.2 Å². The van der Waals surface area contributed by atoms with Crippen LogP contribution in [0.2, 0.25) is 0 Å². The van der Waals surface area contributed by atoms with Crippen molar-refractivity contribution in [2.75, 3.05) is 6.61 Å². The minimum Gasteiger partial charge on any atom is -0.434 e. The average molecular weight is 353 g/mol. The quantitative estimate of drug-likeness (QED) is 0.320. The predicted octanol–water partition coefficient (Wildman–Crippen LogP) is 0.669. The van der Waals surface area contributed by atoms with Crippen molar-refractivity contribution < 1.29 is 56.8 Å². The SMILES string of the molecule is CCCCC(CC)COC(=O)Oc1ccc(S(=O)(=O)O)cc1.[Na+]. The van der Waals surface area contributed by atoms with Crippen LogP contribution in [0.5, 0.6) is 5.75 Å². The van der Waals surface area contributed by atoms with Crippen molar-refractivity contribution in [3.8, 4) is 5.75 Å². The van der Waals surface area contributed by atoms with Gasteiger partial charge in [0.05, 0.1) is 11.5 Å². The zero-order valence-electron chi connectivity index (χ0n) is 13.8. The summed E-state index contributed by atoms with van der Waals surface area (Å²) in [6.07, 6.45) is 3.30. The van der Waals surface area contributed by atoms with E-state index >= 15 is 0 Å². The molecular weight excluding hydrogens is 331 g/mol. The fraction of sp³-hybridized carbons (Fsp3) is 0.533. The Morgan fingerprint density at radius 1 is 1.22 bits per heavy atom. The summed E-state index contributed by atoms with van der Waals surface area (Å²) in [4.78, 5) is 11.3. The van der Waals surface area contributed by atoms with E-state index in [4.69, 9.17) is 14.0 Å². The largest absolute Gasteiger partial charge is 1.00 e. The zero-order chi connectivity index (χ0) is 16.6. The van der Waals surface area contributed by atoms with Gasteiger partial charge >= 0.3 is 35.7 Å². The molecule has 0 saturated carbocycles. The maximum absolute atomic E-state index is 11.6. The first-order valence-electron chi connectivity index (χ1n) is 7.29. The summed E-state index contributed by atoms with van der Waals surface area (Å²) in [6, 6.07) is 4.85. The van der Waals surface area contributed by atoms with Crippen molar-refractivity contribution in [3.05, 3.63) is 24.3 Å². The molecule has 23 heavy (non-hydrogen) atoms. The Morgan fingerprint density at radius 2 is 1.83 bits per heavy atom. The molecule has 1 unspecified atom stereocenters. The summed E-state index contributed by atoms with van der Waals surface area (Å²) in [6.45, 7) is 4.46. The Balaban J connectivity index is 0.00000484. The molecule has 124 valence electrons. The molecule has 0 amide bonds. The smallest absolute Gasteiger partial charge is 0.434 e. The summed E-state index contributed by atoms with van der Waals surface area (Å²) >= 11 is 0. The molecule has 0 aliphatic carbocycles. The van der Waals surface area contributed by atoms with Gasteiger partial charge in [0.25, 0.3) is 10.1 Å².